The number of benzene rings is 3. The molecule has 0 N–H and O–H groups in total. The van der Waals surface area contributed by atoms with Gasteiger partial charge in [0.1, 0.15) is 15.8 Å². The summed E-state index contributed by atoms with van der Waals surface area (Å²) in [6, 6.07) is 25.9. The molecule has 1 aromatic heterocycles. The van der Waals surface area contributed by atoms with Gasteiger partial charge >= 0.3 is 0 Å². The van der Waals surface area contributed by atoms with Crippen molar-refractivity contribution >= 4 is 40.3 Å². The first-order chi connectivity index (χ1) is 18.8. The van der Waals surface area contributed by atoms with Crippen LogP contribution in [0.3, 0.4) is 0 Å². The molecule has 5 rings (SSSR count). The summed E-state index contributed by atoms with van der Waals surface area (Å²) in [5.74, 6) is 1.22. The van der Waals surface area contributed by atoms with E-state index in [2.05, 4.69) is 19.9 Å². The van der Waals surface area contributed by atoms with Crippen molar-refractivity contribution in [3.63, 3.8) is 0 Å². The highest BCUT2D eigenvalue weighted by molar-refractivity contribution is 8.26. The zero-order valence-electron chi connectivity index (χ0n) is 22.5. The molecule has 1 amide bonds. The highest BCUT2D eigenvalue weighted by Gasteiger charge is 2.36. The number of rotatable bonds is 8. The van der Waals surface area contributed by atoms with E-state index in [4.69, 9.17) is 22.1 Å². The number of aromatic nitrogens is 2. The Balaban J connectivity index is 1.52. The Morgan fingerprint density at radius 2 is 1.69 bits per heavy atom. The van der Waals surface area contributed by atoms with E-state index < -0.39 is 0 Å². The fourth-order valence-corrected chi connectivity index (χ4v) is 5.89. The Bertz CT molecular complexity index is 1530. The first-order valence-electron chi connectivity index (χ1n) is 13.0. The number of carbonyl (C=O) groups excluding carboxylic acids is 1. The Labute approximate surface area is 239 Å². The molecule has 198 valence electrons. The van der Waals surface area contributed by atoms with Crippen LogP contribution in [0.4, 0.5) is 0 Å². The van der Waals surface area contributed by atoms with Gasteiger partial charge in [-0.15, -0.1) is 0 Å². The number of amides is 1. The molecular formula is C32H31N3O2S2. The summed E-state index contributed by atoms with van der Waals surface area (Å²) in [6.07, 6.45) is 3.88. The molecule has 1 saturated heterocycles. The molecule has 0 bridgehead atoms. The third kappa shape index (κ3) is 5.84. The van der Waals surface area contributed by atoms with Gasteiger partial charge in [-0.1, -0.05) is 86.4 Å². The third-order valence-corrected chi connectivity index (χ3v) is 7.89. The highest BCUT2D eigenvalue weighted by Crippen LogP contribution is 2.39. The van der Waals surface area contributed by atoms with E-state index in [-0.39, 0.29) is 11.9 Å². The SMILES string of the molecule is Cc1cc(-c2nn(-c3ccccc3)cc2/C=C2\SC(=S)N([C@@H](C)c3ccccc3)C2=O)ccc1OCC(C)C. The fourth-order valence-electron chi connectivity index (χ4n) is 4.48. The molecule has 0 unspecified atom stereocenters. The van der Waals surface area contributed by atoms with Crippen LogP contribution in [0.25, 0.3) is 23.0 Å². The maximum Gasteiger partial charge on any atom is 0.266 e. The number of thiocarbonyl (C=S) groups is 1. The van der Waals surface area contributed by atoms with Crippen LogP contribution in [-0.2, 0) is 4.79 Å². The summed E-state index contributed by atoms with van der Waals surface area (Å²) in [5, 5.41) is 4.95. The van der Waals surface area contributed by atoms with E-state index in [0.717, 1.165) is 39.4 Å². The van der Waals surface area contributed by atoms with E-state index in [1.54, 1.807) is 4.90 Å². The van der Waals surface area contributed by atoms with Crippen molar-refractivity contribution < 1.29 is 9.53 Å². The van der Waals surface area contributed by atoms with Crippen LogP contribution < -0.4 is 4.74 Å². The van der Waals surface area contributed by atoms with Crippen LogP contribution >= 0.6 is 24.0 Å². The van der Waals surface area contributed by atoms with Crippen molar-refractivity contribution in [2.45, 2.75) is 33.7 Å². The number of hydrogen-bond acceptors (Lipinski definition) is 5. The van der Waals surface area contributed by atoms with Gasteiger partial charge in [0, 0.05) is 17.3 Å². The number of para-hydroxylation sites is 1. The van der Waals surface area contributed by atoms with E-state index in [1.807, 2.05) is 104 Å². The molecule has 3 aromatic carbocycles. The number of thioether (sulfide) groups is 1. The largest absolute Gasteiger partial charge is 0.493 e. The molecule has 1 fully saturated rings. The van der Waals surface area contributed by atoms with Crippen LogP contribution in [-0.4, -0.2) is 31.5 Å². The zero-order valence-corrected chi connectivity index (χ0v) is 24.1. The topological polar surface area (TPSA) is 47.4 Å². The lowest BCUT2D eigenvalue weighted by Crippen LogP contribution is -2.30. The minimum Gasteiger partial charge on any atom is -0.493 e. The molecule has 39 heavy (non-hydrogen) atoms. The molecule has 0 aliphatic carbocycles. The lowest BCUT2D eigenvalue weighted by atomic mass is 10.0. The normalized spacial score (nSPS) is 15.4. The Kier molecular flexibility index (Phi) is 8.00. The van der Waals surface area contributed by atoms with E-state index in [9.17, 15) is 4.79 Å². The smallest absolute Gasteiger partial charge is 0.266 e. The molecule has 7 heteroatoms. The molecule has 1 aliphatic heterocycles. The molecular weight excluding hydrogens is 523 g/mol. The number of ether oxygens (including phenoxy) is 1. The maximum atomic E-state index is 13.6. The Morgan fingerprint density at radius 1 is 1.00 bits per heavy atom. The van der Waals surface area contributed by atoms with Crippen molar-refractivity contribution in [3.8, 4) is 22.7 Å². The van der Waals surface area contributed by atoms with Gasteiger partial charge in [-0.3, -0.25) is 9.69 Å². The molecule has 0 spiro atoms. The Hall–Kier alpha value is -3.68. The summed E-state index contributed by atoms with van der Waals surface area (Å²) in [5.41, 5.74) is 5.62. The van der Waals surface area contributed by atoms with E-state index in [0.29, 0.717) is 21.8 Å². The second kappa shape index (κ2) is 11.6. The van der Waals surface area contributed by atoms with Crippen LogP contribution in [0.2, 0.25) is 0 Å². The van der Waals surface area contributed by atoms with Crippen LogP contribution in [0.5, 0.6) is 5.75 Å². The van der Waals surface area contributed by atoms with Gasteiger partial charge in [-0.25, -0.2) is 4.68 Å². The summed E-state index contributed by atoms with van der Waals surface area (Å²) < 4.78 is 8.40. The predicted molar refractivity (Wildman–Crippen MR) is 164 cm³/mol. The lowest BCUT2D eigenvalue weighted by molar-refractivity contribution is -0.123. The minimum atomic E-state index is -0.155. The molecule has 4 aromatic rings. The standard InChI is InChI=1S/C32H31N3O2S2/c1-21(2)20-37-28-16-15-25(17-22(28)3)30-26(19-34(33-30)27-13-9-6-10-14-27)18-29-31(36)35(32(38)39-29)23(4)24-11-7-5-8-12-24/h5-19,21,23H,20H2,1-4H3/b29-18-/t23-/m0/s1. The van der Waals surface area contributed by atoms with Crippen LogP contribution in [0, 0.1) is 12.8 Å². The van der Waals surface area contributed by atoms with Gasteiger partial charge in [-0.2, -0.15) is 5.10 Å². The zero-order chi connectivity index (χ0) is 27.5. The van der Waals surface area contributed by atoms with Crippen molar-refractivity contribution in [1.29, 1.82) is 0 Å². The first kappa shape index (κ1) is 26.9. The van der Waals surface area contributed by atoms with Gasteiger partial charge in [0.25, 0.3) is 5.91 Å². The number of hydrogen-bond donors (Lipinski definition) is 0. The number of nitrogens with zero attached hydrogens (tertiary/aromatic N) is 3. The summed E-state index contributed by atoms with van der Waals surface area (Å²) in [6.45, 7) is 8.99. The van der Waals surface area contributed by atoms with E-state index >= 15 is 0 Å². The van der Waals surface area contributed by atoms with Crippen molar-refractivity contribution in [2.75, 3.05) is 6.61 Å². The van der Waals surface area contributed by atoms with Gasteiger partial charge in [0.05, 0.1) is 23.2 Å². The quantitative estimate of drug-likeness (QED) is 0.164. The lowest BCUT2D eigenvalue weighted by Gasteiger charge is -2.23. The van der Waals surface area contributed by atoms with Crippen LogP contribution in [0.15, 0.2) is 90.0 Å². The summed E-state index contributed by atoms with van der Waals surface area (Å²) in [7, 11) is 0. The van der Waals surface area contributed by atoms with Crippen molar-refractivity contribution in [3.05, 3.63) is 107 Å². The molecule has 2 heterocycles. The van der Waals surface area contributed by atoms with Gasteiger partial charge in [0.2, 0.25) is 0 Å². The monoisotopic (exact) mass is 553 g/mol. The predicted octanol–water partition coefficient (Wildman–Crippen LogP) is 7.84. The second-order valence-electron chi connectivity index (χ2n) is 10.0. The fraction of sp³-hybridized carbons (Fsp3) is 0.219. The van der Waals surface area contributed by atoms with Crippen LogP contribution in [0.1, 0.15) is 43.5 Å². The number of carbonyl (C=O) groups is 1. The molecule has 1 atom stereocenters. The van der Waals surface area contributed by atoms with Gasteiger partial charge in [-0.05, 0) is 67.3 Å². The molecule has 5 nitrogen and oxygen atoms in total. The summed E-state index contributed by atoms with van der Waals surface area (Å²) >= 11 is 7.00. The average molecular weight is 554 g/mol. The molecule has 1 aliphatic rings. The van der Waals surface area contributed by atoms with Gasteiger partial charge in [0.15, 0.2) is 0 Å². The highest BCUT2D eigenvalue weighted by atomic mass is 32.2. The van der Waals surface area contributed by atoms with Gasteiger partial charge < -0.3 is 4.74 Å². The number of aryl methyl sites for hydroxylation is 1. The second-order valence-corrected chi connectivity index (χ2v) is 11.7. The molecule has 0 saturated carbocycles. The minimum absolute atomic E-state index is 0.0895. The van der Waals surface area contributed by atoms with E-state index in [1.165, 1.54) is 11.8 Å². The molecule has 0 radical (unpaired) electrons. The maximum absolute atomic E-state index is 13.6. The summed E-state index contributed by atoms with van der Waals surface area (Å²) in [4.78, 5) is 15.9. The first-order valence-corrected chi connectivity index (χ1v) is 14.2. The third-order valence-electron chi connectivity index (χ3n) is 6.56. The average Bonchev–Trinajstić information content (AvgIpc) is 3.48. The van der Waals surface area contributed by atoms with Crippen molar-refractivity contribution in [1.82, 2.24) is 14.7 Å². The Morgan fingerprint density at radius 3 is 2.36 bits per heavy atom. The van der Waals surface area contributed by atoms with Crippen molar-refractivity contribution in [2.24, 2.45) is 5.92 Å².